The van der Waals surface area contributed by atoms with Gasteiger partial charge in [0.25, 0.3) is 5.91 Å². The molecule has 4 heterocycles. The molecule has 0 unspecified atom stereocenters. The number of thiophene rings is 1. The van der Waals surface area contributed by atoms with Crippen LogP contribution < -0.4 is 10.6 Å². The van der Waals surface area contributed by atoms with Crippen LogP contribution in [0.1, 0.15) is 40.8 Å². The van der Waals surface area contributed by atoms with Crippen molar-refractivity contribution in [2.75, 3.05) is 18.4 Å². The zero-order chi connectivity index (χ0) is 21.4. The lowest BCUT2D eigenvalue weighted by Crippen LogP contribution is -2.60. The van der Waals surface area contributed by atoms with Gasteiger partial charge in [-0.2, -0.15) is 0 Å². The predicted octanol–water partition coefficient (Wildman–Crippen LogP) is 2.67. The molecule has 0 saturated carbocycles. The van der Waals surface area contributed by atoms with Crippen molar-refractivity contribution in [1.82, 2.24) is 25.2 Å². The van der Waals surface area contributed by atoms with E-state index in [0.29, 0.717) is 35.8 Å². The van der Waals surface area contributed by atoms with E-state index in [-0.39, 0.29) is 23.9 Å². The van der Waals surface area contributed by atoms with Crippen LogP contribution in [-0.2, 0) is 4.79 Å². The summed E-state index contributed by atoms with van der Waals surface area (Å²) in [7, 11) is 0. The molecular weight excluding hydrogens is 407 g/mol. The average Bonchev–Trinajstić information content (AvgIpc) is 3.03. The van der Waals surface area contributed by atoms with Gasteiger partial charge < -0.3 is 15.5 Å². The standard InChI is InChI=1S/C20H21FN6O2S/c1-10-4-16-18(30-10)17(19(29)27-8-15(9-27)24-12(3)28)26-20(25-16)23-11(2)13-5-14(21)7-22-6-13/h4-7,11,15H,8-9H2,1-3H3,(H,24,28)(H,23,25,26)/t11-/m0/s1. The Labute approximate surface area is 176 Å². The summed E-state index contributed by atoms with van der Waals surface area (Å²) in [6.45, 7) is 6.15. The average molecular weight is 428 g/mol. The summed E-state index contributed by atoms with van der Waals surface area (Å²) in [6, 6.07) is 2.97. The molecule has 0 bridgehead atoms. The van der Waals surface area contributed by atoms with Crippen LogP contribution in [0.4, 0.5) is 10.3 Å². The van der Waals surface area contributed by atoms with Gasteiger partial charge in [-0.3, -0.25) is 14.6 Å². The molecule has 3 aromatic rings. The van der Waals surface area contributed by atoms with Crippen LogP contribution in [0.25, 0.3) is 10.2 Å². The van der Waals surface area contributed by atoms with Gasteiger partial charge in [0.05, 0.1) is 28.5 Å². The molecule has 156 valence electrons. The fourth-order valence-electron chi connectivity index (χ4n) is 3.37. The lowest BCUT2D eigenvalue weighted by atomic mass is 10.1. The van der Waals surface area contributed by atoms with Crippen LogP contribution >= 0.6 is 11.3 Å². The molecule has 1 aliphatic heterocycles. The Balaban J connectivity index is 1.60. The number of aryl methyl sites for hydroxylation is 1. The number of nitrogens with one attached hydrogen (secondary N) is 2. The van der Waals surface area contributed by atoms with Crippen molar-refractivity contribution in [2.45, 2.75) is 32.9 Å². The van der Waals surface area contributed by atoms with Gasteiger partial charge in [-0.1, -0.05) is 0 Å². The number of hydrogen-bond donors (Lipinski definition) is 2. The molecule has 3 aromatic heterocycles. The molecular formula is C20H21FN6O2S. The molecule has 30 heavy (non-hydrogen) atoms. The van der Waals surface area contributed by atoms with Crippen LogP contribution in [0.5, 0.6) is 0 Å². The monoisotopic (exact) mass is 428 g/mol. The van der Waals surface area contributed by atoms with Crippen molar-refractivity contribution in [3.05, 3.63) is 46.5 Å². The van der Waals surface area contributed by atoms with Crippen molar-refractivity contribution in [3.63, 3.8) is 0 Å². The van der Waals surface area contributed by atoms with E-state index < -0.39 is 5.82 Å². The van der Waals surface area contributed by atoms with Gasteiger partial charge in [0, 0.05) is 31.1 Å². The first-order valence-electron chi connectivity index (χ1n) is 9.51. The number of halogens is 1. The molecule has 8 nitrogen and oxygen atoms in total. The number of anilines is 1. The summed E-state index contributed by atoms with van der Waals surface area (Å²) in [6.07, 6.45) is 2.72. The first-order chi connectivity index (χ1) is 14.3. The van der Waals surface area contributed by atoms with Gasteiger partial charge in [0.15, 0.2) is 5.69 Å². The molecule has 0 spiro atoms. The SMILES string of the molecule is CC(=O)NC1CN(C(=O)c2nc(N[C@@H](C)c3cncc(F)c3)nc3cc(C)sc23)C1. The second-order valence-corrected chi connectivity index (χ2v) is 8.63. The highest BCUT2D eigenvalue weighted by molar-refractivity contribution is 7.19. The lowest BCUT2D eigenvalue weighted by molar-refractivity contribution is -0.120. The molecule has 0 aromatic carbocycles. The number of rotatable bonds is 5. The van der Waals surface area contributed by atoms with Gasteiger partial charge in [0.2, 0.25) is 11.9 Å². The van der Waals surface area contributed by atoms with E-state index in [1.807, 2.05) is 19.9 Å². The normalized spacial score (nSPS) is 15.0. The van der Waals surface area contributed by atoms with Crippen molar-refractivity contribution in [3.8, 4) is 0 Å². The van der Waals surface area contributed by atoms with Crippen molar-refractivity contribution >= 4 is 39.3 Å². The van der Waals surface area contributed by atoms with Gasteiger partial charge >= 0.3 is 0 Å². The minimum Gasteiger partial charge on any atom is -0.350 e. The highest BCUT2D eigenvalue weighted by Crippen LogP contribution is 2.30. The van der Waals surface area contributed by atoms with Gasteiger partial charge in [-0.25, -0.2) is 14.4 Å². The third kappa shape index (κ3) is 4.09. The fraction of sp³-hybridized carbons (Fsp3) is 0.350. The van der Waals surface area contributed by atoms with E-state index in [1.165, 1.54) is 24.3 Å². The zero-order valence-corrected chi connectivity index (χ0v) is 17.6. The van der Waals surface area contributed by atoms with E-state index in [4.69, 9.17) is 0 Å². The van der Waals surface area contributed by atoms with Gasteiger partial charge in [-0.05, 0) is 31.5 Å². The second kappa shape index (κ2) is 7.94. The van der Waals surface area contributed by atoms with E-state index in [1.54, 1.807) is 11.1 Å². The molecule has 10 heteroatoms. The lowest BCUT2D eigenvalue weighted by Gasteiger charge is -2.39. The molecule has 1 fully saturated rings. The second-order valence-electron chi connectivity index (χ2n) is 7.38. The highest BCUT2D eigenvalue weighted by Gasteiger charge is 2.33. The van der Waals surface area contributed by atoms with Gasteiger partial charge in [-0.15, -0.1) is 11.3 Å². The third-order valence-electron chi connectivity index (χ3n) is 4.85. The summed E-state index contributed by atoms with van der Waals surface area (Å²) >= 11 is 1.47. The molecule has 1 saturated heterocycles. The number of aromatic nitrogens is 3. The Morgan fingerprint density at radius 2 is 2.03 bits per heavy atom. The number of amides is 2. The zero-order valence-electron chi connectivity index (χ0n) is 16.8. The smallest absolute Gasteiger partial charge is 0.274 e. The van der Waals surface area contributed by atoms with Crippen LogP contribution in [0.2, 0.25) is 0 Å². The Morgan fingerprint density at radius 3 is 2.73 bits per heavy atom. The minimum absolute atomic E-state index is 0.0352. The van der Waals surface area contributed by atoms with Crippen LogP contribution in [0.3, 0.4) is 0 Å². The van der Waals surface area contributed by atoms with Crippen molar-refractivity contribution in [1.29, 1.82) is 0 Å². The predicted molar refractivity (Wildman–Crippen MR) is 112 cm³/mol. The third-order valence-corrected chi connectivity index (χ3v) is 5.89. The number of carbonyl (C=O) groups excluding carboxylic acids is 2. The van der Waals surface area contributed by atoms with Gasteiger partial charge in [0.1, 0.15) is 5.82 Å². The number of likely N-dealkylation sites (tertiary alicyclic amines) is 1. The van der Waals surface area contributed by atoms with E-state index >= 15 is 0 Å². The minimum atomic E-state index is -0.423. The summed E-state index contributed by atoms with van der Waals surface area (Å²) in [4.78, 5) is 39.8. The molecule has 1 aliphatic rings. The van der Waals surface area contributed by atoms with Crippen LogP contribution in [-0.4, -0.2) is 50.8 Å². The Bertz CT molecular complexity index is 1130. The molecule has 2 amide bonds. The maximum atomic E-state index is 13.5. The highest BCUT2D eigenvalue weighted by atomic mass is 32.1. The summed E-state index contributed by atoms with van der Waals surface area (Å²) < 4.78 is 14.2. The quantitative estimate of drug-likeness (QED) is 0.648. The first kappa shape index (κ1) is 20.1. The number of fused-ring (bicyclic) bond motifs is 1. The Hall–Kier alpha value is -3.14. The molecule has 0 aliphatic carbocycles. The van der Waals surface area contributed by atoms with Crippen LogP contribution in [0.15, 0.2) is 24.5 Å². The maximum Gasteiger partial charge on any atom is 0.274 e. The molecule has 4 rings (SSSR count). The summed E-state index contributed by atoms with van der Waals surface area (Å²) in [5.74, 6) is -0.445. The molecule has 2 N–H and O–H groups in total. The summed E-state index contributed by atoms with van der Waals surface area (Å²) in [5.41, 5.74) is 1.65. The van der Waals surface area contributed by atoms with E-state index in [9.17, 15) is 14.0 Å². The van der Waals surface area contributed by atoms with E-state index in [2.05, 4.69) is 25.6 Å². The van der Waals surface area contributed by atoms with Crippen molar-refractivity contribution in [2.24, 2.45) is 0 Å². The molecule has 0 radical (unpaired) electrons. The topological polar surface area (TPSA) is 100 Å². The fourth-order valence-corrected chi connectivity index (χ4v) is 4.31. The van der Waals surface area contributed by atoms with Crippen molar-refractivity contribution < 1.29 is 14.0 Å². The largest absolute Gasteiger partial charge is 0.350 e. The number of nitrogens with zero attached hydrogens (tertiary/aromatic N) is 4. The first-order valence-corrected chi connectivity index (χ1v) is 10.3. The van der Waals surface area contributed by atoms with E-state index in [0.717, 1.165) is 15.8 Å². The maximum absolute atomic E-state index is 13.5. The number of carbonyl (C=O) groups is 2. The Morgan fingerprint density at radius 1 is 1.27 bits per heavy atom. The number of pyridine rings is 1. The summed E-state index contributed by atoms with van der Waals surface area (Å²) in [5, 5.41) is 5.95. The Kier molecular flexibility index (Phi) is 5.33. The van der Waals surface area contributed by atoms with Crippen LogP contribution in [0, 0.1) is 12.7 Å². The molecule has 1 atom stereocenters. The number of hydrogen-bond acceptors (Lipinski definition) is 7.